The molecule has 2 N–H and O–H groups in total. The van der Waals surface area contributed by atoms with E-state index in [0.717, 1.165) is 10.5 Å². The Morgan fingerprint density at radius 2 is 2.05 bits per heavy atom. The van der Waals surface area contributed by atoms with Crippen molar-refractivity contribution in [1.82, 2.24) is 45.4 Å². The maximum atomic E-state index is 13.3. The number of carbonyl (C=O) groups excluding carboxylic acids is 2. The number of hydrogen-bond donors (Lipinski definition) is 2. The number of ether oxygens (including phenoxy) is 1. The van der Waals surface area contributed by atoms with Crippen LogP contribution in [0.1, 0.15) is 0 Å². The van der Waals surface area contributed by atoms with Gasteiger partial charge in [-0.2, -0.15) is 0 Å². The van der Waals surface area contributed by atoms with Crippen molar-refractivity contribution in [1.29, 1.82) is 0 Å². The van der Waals surface area contributed by atoms with Crippen LogP contribution in [0.25, 0.3) is 11.3 Å². The molecule has 0 aliphatic carbocycles. The molecule has 5 rings (SSSR count). The summed E-state index contributed by atoms with van der Waals surface area (Å²) in [5.74, 6) is -1.83. The number of amides is 2. The number of rotatable bonds is 9. The molecule has 0 unspecified atom stereocenters. The first kappa shape index (κ1) is 24.9. The molecule has 1 aromatic carbocycles. The largest absolute Gasteiger partial charge is 0.477 e. The highest BCUT2D eigenvalue weighted by atomic mass is 32.2. The molecule has 0 spiro atoms. The average Bonchev–Trinajstić information content (AvgIpc) is 3.54. The van der Waals surface area contributed by atoms with Gasteiger partial charge in [0.25, 0.3) is 11.6 Å². The van der Waals surface area contributed by atoms with Gasteiger partial charge in [-0.1, -0.05) is 47.3 Å². The second-order valence-corrected chi connectivity index (χ2v) is 10.1. The number of nitrogens with zero attached hydrogens (tertiary/aromatic N) is 8. The van der Waals surface area contributed by atoms with Crippen molar-refractivity contribution in [2.75, 3.05) is 18.6 Å². The third-order valence-corrected chi connectivity index (χ3v) is 8.30. The van der Waals surface area contributed by atoms with Gasteiger partial charge in [0.2, 0.25) is 11.1 Å². The average molecular weight is 544 g/mol. The number of nitrogens with one attached hydrogen (secondary N) is 1. The molecule has 3 aromatic rings. The van der Waals surface area contributed by atoms with Gasteiger partial charge in [-0.25, -0.2) is 14.2 Å². The van der Waals surface area contributed by atoms with Crippen LogP contribution in [0, 0.1) is 0 Å². The minimum absolute atomic E-state index is 0.123. The fraction of sp³-hybridized carbons (Fsp3) is 0.333. The molecule has 0 bridgehead atoms. The number of β-lactam (4-membered cyclic amide) rings is 1. The summed E-state index contributed by atoms with van der Waals surface area (Å²) in [7, 11) is 2.98. The summed E-state index contributed by atoms with van der Waals surface area (Å²) in [5.41, 5.74) is 0.173. The van der Waals surface area contributed by atoms with Crippen LogP contribution in [0.3, 0.4) is 0 Å². The fourth-order valence-electron chi connectivity index (χ4n) is 4.06. The van der Waals surface area contributed by atoms with Crippen LogP contribution in [-0.2, 0) is 32.7 Å². The predicted octanol–water partition coefficient (Wildman–Crippen LogP) is -0.0264. The Labute approximate surface area is 218 Å². The maximum absolute atomic E-state index is 13.3. The van der Waals surface area contributed by atoms with E-state index in [1.807, 2.05) is 30.3 Å². The second-order valence-electron chi connectivity index (χ2n) is 8.12. The Morgan fingerprint density at radius 1 is 1.27 bits per heavy atom. The van der Waals surface area contributed by atoms with Crippen molar-refractivity contribution < 1.29 is 24.2 Å². The maximum Gasteiger partial charge on any atom is 0.352 e. The molecule has 16 heteroatoms. The highest BCUT2D eigenvalue weighted by Gasteiger charge is 2.66. The van der Waals surface area contributed by atoms with Crippen molar-refractivity contribution in [2.24, 2.45) is 7.05 Å². The van der Waals surface area contributed by atoms with E-state index in [2.05, 4.69) is 31.2 Å². The monoisotopic (exact) mass is 543 g/mol. The summed E-state index contributed by atoms with van der Waals surface area (Å²) >= 11 is 2.57. The number of thioether (sulfide) groups is 2. The van der Waals surface area contributed by atoms with E-state index < -0.39 is 28.9 Å². The molecule has 4 heterocycles. The summed E-state index contributed by atoms with van der Waals surface area (Å²) in [6, 6.07) is 9.38. The molecule has 2 atom stereocenters. The molecule has 1 fully saturated rings. The topological polar surface area (TPSA) is 170 Å². The number of aryl methyl sites for hydroxylation is 1. The number of carboxylic acid groups (broad SMARTS) is 1. The number of aliphatic carboxylic acids is 1. The van der Waals surface area contributed by atoms with Crippen LogP contribution in [-0.4, -0.2) is 92.7 Å². The second kappa shape index (κ2) is 9.95. The van der Waals surface area contributed by atoms with E-state index >= 15 is 0 Å². The van der Waals surface area contributed by atoms with E-state index in [9.17, 15) is 19.5 Å². The van der Waals surface area contributed by atoms with E-state index in [1.165, 1.54) is 40.0 Å². The Morgan fingerprint density at radius 3 is 2.73 bits per heavy atom. The van der Waals surface area contributed by atoms with Gasteiger partial charge in [-0.05, 0) is 16.0 Å². The minimum Gasteiger partial charge on any atom is -0.477 e. The molecule has 2 amide bonds. The summed E-state index contributed by atoms with van der Waals surface area (Å²) in [5, 5.41) is 31.6. The molecule has 2 aliphatic rings. The van der Waals surface area contributed by atoms with Crippen molar-refractivity contribution in [2.45, 2.75) is 22.8 Å². The van der Waals surface area contributed by atoms with Gasteiger partial charge in [0.05, 0.1) is 6.20 Å². The lowest BCUT2D eigenvalue weighted by Gasteiger charge is -2.55. The third-order valence-electron chi connectivity index (χ3n) is 5.83. The molecule has 0 saturated carbocycles. The van der Waals surface area contributed by atoms with Gasteiger partial charge in [-0.15, -0.1) is 22.0 Å². The molecule has 2 aliphatic heterocycles. The van der Waals surface area contributed by atoms with E-state index in [0.29, 0.717) is 22.2 Å². The molecule has 0 radical (unpaired) electrons. The van der Waals surface area contributed by atoms with E-state index in [1.54, 1.807) is 13.2 Å². The normalized spacial score (nSPS) is 21.0. The van der Waals surface area contributed by atoms with Gasteiger partial charge in [0, 0.05) is 31.2 Å². The van der Waals surface area contributed by atoms with Crippen molar-refractivity contribution >= 4 is 41.3 Å². The molecule has 1 saturated heterocycles. The van der Waals surface area contributed by atoms with Crippen LogP contribution >= 0.6 is 23.5 Å². The predicted molar refractivity (Wildman–Crippen MR) is 131 cm³/mol. The van der Waals surface area contributed by atoms with E-state index in [4.69, 9.17) is 4.74 Å². The number of benzene rings is 1. The highest BCUT2D eigenvalue weighted by molar-refractivity contribution is 8.01. The lowest BCUT2D eigenvalue weighted by molar-refractivity contribution is -0.192. The van der Waals surface area contributed by atoms with Crippen molar-refractivity contribution in [3.63, 3.8) is 0 Å². The number of aromatic nitrogens is 7. The van der Waals surface area contributed by atoms with Crippen LogP contribution in [0.2, 0.25) is 0 Å². The molecular formula is C21H21N9O5S2. The Balaban J connectivity index is 1.30. The molecular weight excluding hydrogens is 522 g/mol. The van der Waals surface area contributed by atoms with Gasteiger partial charge in [0.1, 0.15) is 23.3 Å². The zero-order chi connectivity index (χ0) is 26.2. The number of hydrogen-bond acceptors (Lipinski definition) is 11. The van der Waals surface area contributed by atoms with Crippen molar-refractivity contribution in [3.05, 3.63) is 47.8 Å². The Kier molecular flexibility index (Phi) is 6.70. The standard InChI is InChI=1S/C21H21N9O5S2/c1-28-20(24-25-27-28)37-11-13-10-36-19-21(35-2,18(34)30(19)16(13)17(32)33)22-15(31)9-29-8-14(23-26-29)12-6-4-3-5-7-12/h3-8,19H,9-11H2,1-2H3,(H,22,31)(H,32,33)/t19-,21+/m1/s1. The quantitative estimate of drug-likeness (QED) is 0.210. The zero-order valence-corrected chi connectivity index (χ0v) is 21.3. The van der Waals surface area contributed by atoms with Crippen LogP contribution < -0.4 is 5.32 Å². The SMILES string of the molecule is CO[C@@]1(NC(=O)Cn2cc(-c3ccccc3)nn2)C(=O)N2C(C(=O)O)=C(CSc3nnnn3C)CS[C@@H]21. The van der Waals surface area contributed by atoms with Crippen molar-refractivity contribution in [3.8, 4) is 11.3 Å². The Hall–Kier alpha value is -3.76. The number of tetrazole rings is 1. The lowest BCUT2D eigenvalue weighted by Crippen LogP contribution is -2.80. The van der Waals surface area contributed by atoms with Crippen LogP contribution in [0.4, 0.5) is 0 Å². The van der Waals surface area contributed by atoms with Crippen LogP contribution in [0.5, 0.6) is 0 Å². The number of carbonyl (C=O) groups is 3. The lowest BCUT2D eigenvalue weighted by atomic mass is 9.98. The number of carboxylic acids is 1. The smallest absolute Gasteiger partial charge is 0.352 e. The third kappa shape index (κ3) is 4.47. The first-order valence-corrected chi connectivity index (χ1v) is 12.9. The summed E-state index contributed by atoms with van der Waals surface area (Å²) < 4.78 is 8.33. The van der Waals surface area contributed by atoms with E-state index in [-0.39, 0.29) is 18.0 Å². The van der Waals surface area contributed by atoms with Gasteiger partial charge in [-0.3, -0.25) is 14.5 Å². The highest BCUT2D eigenvalue weighted by Crippen LogP contribution is 2.47. The van der Waals surface area contributed by atoms with Gasteiger partial charge >= 0.3 is 5.97 Å². The molecule has 192 valence electrons. The zero-order valence-electron chi connectivity index (χ0n) is 19.6. The Bertz CT molecular complexity index is 1390. The summed E-state index contributed by atoms with van der Waals surface area (Å²) in [4.78, 5) is 39.5. The first-order chi connectivity index (χ1) is 17.8. The molecule has 2 aromatic heterocycles. The summed E-state index contributed by atoms with van der Waals surface area (Å²) in [6.45, 7) is -0.204. The van der Waals surface area contributed by atoms with Gasteiger partial charge < -0.3 is 15.2 Å². The fourth-order valence-corrected chi connectivity index (χ4v) is 6.49. The number of fused-ring (bicyclic) bond motifs is 1. The molecule has 14 nitrogen and oxygen atoms in total. The first-order valence-electron chi connectivity index (χ1n) is 10.9. The molecule has 37 heavy (non-hydrogen) atoms. The minimum atomic E-state index is -1.70. The van der Waals surface area contributed by atoms with Crippen LogP contribution in [0.15, 0.2) is 53.0 Å². The number of methoxy groups -OCH3 is 1. The summed E-state index contributed by atoms with van der Waals surface area (Å²) in [6.07, 6.45) is 1.63. The van der Waals surface area contributed by atoms with Gasteiger partial charge in [0.15, 0.2) is 0 Å².